The molecule has 0 saturated carbocycles. The summed E-state index contributed by atoms with van der Waals surface area (Å²) in [6, 6.07) is 13.6. The SMILES string of the molecule is CC[C@H](CNC(=O)c1ccc(C(C)=O)s1)c1ccccc1. The molecule has 4 heteroatoms. The van der Waals surface area contributed by atoms with Crippen LogP contribution in [0.15, 0.2) is 42.5 Å². The highest BCUT2D eigenvalue weighted by Gasteiger charge is 2.14. The maximum absolute atomic E-state index is 12.1. The number of nitrogens with one attached hydrogen (secondary N) is 1. The lowest BCUT2D eigenvalue weighted by molar-refractivity contribution is 0.0954. The van der Waals surface area contributed by atoms with Crippen molar-refractivity contribution in [2.45, 2.75) is 26.2 Å². The number of ketones is 1. The molecule has 0 fully saturated rings. The number of rotatable bonds is 6. The van der Waals surface area contributed by atoms with Gasteiger partial charge in [0.25, 0.3) is 5.91 Å². The fraction of sp³-hybridized carbons (Fsp3) is 0.294. The molecular formula is C17H19NO2S. The molecule has 1 N–H and O–H groups in total. The van der Waals surface area contributed by atoms with E-state index in [4.69, 9.17) is 0 Å². The van der Waals surface area contributed by atoms with E-state index in [1.165, 1.54) is 23.8 Å². The number of Topliss-reactive ketones (excluding diaryl/α,β-unsaturated/α-hetero) is 1. The van der Waals surface area contributed by atoms with E-state index in [1.54, 1.807) is 12.1 Å². The zero-order valence-electron chi connectivity index (χ0n) is 12.3. The average molecular weight is 301 g/mol. The van der Waals surface area contributed by atoms with E-state index in [-0.39, 0.29) is 11.7 Å². The van der Waals surface area contributed by atoms with Crippen molar-refractivity contribution in [1.82, 2.24) is 5.32 Å². The Morgan fingerprint density at radius 3 is 2.33 bits per heavy atom. The van der Waals surface area contributed by atoms with Gasteiger partial charge in [0.05, 0.1) is 9.75 Å². The van der Waals surface area contributed by atoms with Crippen LogP contribution in [0.5, 0.6) is 0 Å². The van der Waals surface area contributed by atoms with Crippen LogP contribution in [0.2, 0.25) is 0 Å². The zero-order valence-corrected chi connectivity index (χ0v) is 13.1. The molecule has 0 radical (unpaired) electrons. The first-order valence-electron chi connectivity index (χ1n) is 7.05. The highest BCUT2D eigenvalue weighted by atomic mass is 32.1. The van der Waals surface area contributed by atoms with Gasteiger partial charge in [0.15, 0.2) is 5.78 Å². The van der Waals surface area contributed by atoms with Crippen molar-refractivity contribution in [3.8, 4) is 0 Å². The van der Waals surface area contributed by atoms with Crippen LogP contribution in [-0.2, 0) is 0 Å². The van der Waals surface area contributed by atoms with E-state index in [2.05, 4.69) is 24.4 Å². The normalized spacial score (nSPS) is 11.9. The number of amides is 1. The first-order valence-corrected chi connectivity index (χ1v) is 7.87. The fourth-order valence-electron chi connectivity index (χ4n) is 2.18. The van der Waals surface area contributed by atoms with Crippen molar-refractivity contribution in [2.75, 3.05) is 6.54 Å². The summed E-state index contributed by atoms with van der Waals surface area (Å²) in [6.07, 6.45) is 0.966. The molecule has 1 aromatic carbocycles. The number of thiophene rings is 1. The smallest absolute Gasteiger partial charge is 0.261 e. The van der Waals surface area contributed by atoms with Crippen LogP contribution in [0.4, 0.5) is 0 Å². The van der Waals surface area contributed by atoms with Gasteiger partial charge in [0.1, 0.15) is 0 Å². The molecule has 0 aliphatic rings. The maximum atomic E-state index is 12.1. The molecular weight excluding hydrogens is 282 g/mol. The van der Waals surface area contributed by atoms with Gasteiger partial charge in [0, 0.05) is 12.5 Å². The Kier molecular flexibility index (Phi) is 5.28. The predicted octanol–water partition coefficient (Wildman–Crippen LogP) is 3.87. The van der Waals surface area contributed by atoms with Crippen LogP contribution in [-0.4, -0.2) is 18.2 Å². The minimum atomic E-state index is -0.109. The number of benzene rings is 1. The van der Waals surface area contributed by atoms with E-state index in [9.17, 15) is 9.59 Å². The van der Waals surface area contributed by atoms with Crippen molar-refractivity contribution in [2.24, 2.45) is 0 Å². The Balaban J connectivity index is 1.97. The van der Waals surface area contributed by atoms with Gasteiger partial charge in [-0.05, 0) is 31.0 Å². The number of carbonyl (C=O) groups excluding carboxylic acids is 2. The second kappa shape index (κ2) is 7.18. The summed E-state index contributed by atoms with van der Waals surface area (Å²) in [5.74, 6) is 0.194. The molecule has 2 aromatic rings. The minimum absolute atomic E-state index is 0.00484. The van der Waals surface area contributed by atoms with Crippen LogP contribution >= 0.6 is 11.3 Å². The molecule has 0 aliphatic heterocycles. The van der Waals surface area contributed by atoms with Crippen molar-refractivity contribution in [1.29, 1.82) is 0 Å². The van der Waals surface area contributed by atoms with Crippen LogP contribution in [0.3, 0.4) is 0 Å². The number of hydrogen-bond donors (Lipinski definition) is 1. The molecule has 3 nitrogen and oxygen atoms in total. The molecule has 0 unspecified atom stereocenters. The van der Waals surface area contributed by atoms with E-state index in [0.717, 1.165) is 6.42 Å². The Hall–Kier alpha value is -1.94. The molecule has 0 bridgehead atoms. The summed E-state index contributed by atoms with van der Waals surface area (Å²) in [6.45, 7) is 4.23. The average Bonchev–Trinajstić information content (AvgIpc) is 2.99. The van der Waals surface area contributed by atoms with E-state index in [1.807, 2.05) is 18.2 Å². The second-order valence-electron chi connectivity index (χ2n) is 4.95. The third-order valence-corrected chi connectivity index (χ3v) is 4.63. The van der Waals surface area contributed by atoms with Crippen LogP contribution in [0.25, 0.3) is 0 Å². The summed E-state index contributed by atoms with van der Waals surface area (Å²) < 4.78 is 0. The van der Waals surface area contributed by atoms with Crippen LogP contribution in [0, 0.1) is 0 Å². The minimum Gasteiger partial charge on any atom is -0.351 e. The van der Waals surface area contributed by atoms with Crippen LogP contribution < -0.4 is 5.32 Å². The summed E-state index contributed by atoms with van der Waals surface area (Å²) in [4.78, 5) is 24.6. The van der Waals surface area contributed by atoms with Crippen molar-refractivity contribution >= 4 is 23.0 Å². The van der Waals surface area contributed by atoms with Gasteiger partial charge in [-0.1, -0.05) is 37.3 Å². The maximum Gasteiger partial charge on any atom is 0.261 e. The molecule has 1 aromatic heterocycles. The number of hydrogen-bond acceptors (Lipinski definition) is 3. The topological polar surface area (TPSA) is 46.2 Å². The van der Waals surface area contributed by atoms with Gasteiger partial charge >= 0.3 is 0 Å². The predicted molar refractivity (Wildman–Crippen MR) is 86.1 cm³/mol. The lowest BCUT2D eigenvalue weighted by Crippen LogP contribution is -2.27. The first-order chi connectivity index (χ1) is 10.1. The van der Waals surface area contributed by atoms with Gasteiger partial charge in [0.2, 0.25) is 0 Å². The molecule has 1 heterocycles. The number of carbonyl (C=O) groups is 2. The summed E-state index contributed by atoms with van der Waals surface area (Å²) in [7, 11) is 0. The highest BCUT2D eigenvalue weighted by molar-refractivity contribution is 7.15. The molecule has 0 aliphatic carbocycles. The molecule has 2 rings (SSSR count). The van der Waals surface area contributed by atoms with Crippen molar-refractivity contribution in [3.63, 3.8) is 0 Å². The lowest BCUT2D eigenvalue weighted by Gasteiger charge is -2.15. The summed E-state index contributed by atoms with van der Waals surface area (Å²) >= 11 is 1.24. The van der Waals surface area contributed by atoms with Gasteiger partial charge in [-0.2, -0.15) is 0 Å². The Morgan fingerprint density at radius 1 is 1.10 bits per heavy atom. The Labute approximate surface area is 129 Å². The van der Waals surface area contributed by atoms with Crippen molar-refractivity contribution in [3.05, 3.63) is 57.8 Å². The van der Waals surface area contributed by atoms with E-state index >= 15 is 0 Å². The van der Waals surface area contributed by atoms with Gasteiger partial charge in [-0.15, -0.1) is 11.3 Å². The van der Waals surface area contributed by atoms with Crippen LogP contribution in [0.1, 0.15) is 51.1 Å². The third-order valence-electron chi connectivity index (χ3n) is 3.45. The van der Waals surface area contributed by atoms with Gasteiger partial charge < -0.3 is 5.32 Å². The molecule has 1 amide bonds. The second-order valence-corrected chi connectivity index (χ2v) is 6.03. The summed E-state index contributed by atoms with van der Waals surface area (Å²) in [5, 5.41) is 2.96. The Morgan fingerprint density at radius 2 is 1.76 bits per heavy atom. The fourth-order valence-corrected chi connectivity index (χ4v) is 2.99. The lowest BCUT2D eigenvalue weighted by atomic mass is 9.96. The van der Waals surface area contributed by atoms with Gasteiger partial charge in [-0.25, -0.2) is 0 Å². The highest BCUT2D eigenvalue weighted by Crippen LogP contribution is 2.20. The monoisotopic (exact) mass is 301 g/mol. The van der Waals surface area contributed by atoms with Crippen molar-refractivity contribution < 1.29 is 9.59 Å². The Bertz CT molecular complexity index is 619. The molecule has 0 saturated heterocycles. The standard InChI is InChI=1S/C17H19NO2S/c1-3-13(14-7-5-4-6-8-14)11-18-17(20)16-10-9-15(21-16)12(2)19/h4-10,13H,3,11H2,1-2H3,(H,18,20)/t13-/m1/s1. The quantitative estimate of drug-likeness (QED) is 0.823. The third kappa shape index (κ3) is 4.02. The van der Waals surface area contributed by atoms with E-state index in [0.29, 0.717) is 22.2 Å². The van der Waals surface area contributed by atoms with E-state index < -0.39 is 0 Å². The summed E-state index contributed by atoms with van der Waals surface area (Å²) in [5.41, 5.74) is 1.23. The molecule has 21 heavy (non-hydrogen) atoms. The largest absolute Gasteiger partial charge is 0.351 e. The molecule has 110 valence electrons. The first kappa shape index (κ1) is 15.4. The molecule has 0 spiro atoms. The van der Waals surface area contributed by atoms with Gasteiger partial charge in [-0.3, -0.25) is 9.59 Å². The molecule has 1 atom stereocenters. The zero-order chi connectivity index (χ0) is 15.2.